The summed E-state index contributed by atoms with van der Waals surface area (Å²) in [6.07, 6.45) is 7.14. The summed E-state index contributed by atoms with van der Waals surface area (Å²) in [6.45, 7) is 3.63. The van der Waals surface area contributed by atoms with Crippen molar-refractivity contribution in [2.45, 2.75) is 56.7 Å². The van der Waals surface area contributed by atoms with Gasteiger partial charge < -0.3 is 15.0 Å². The summed E-state index contributed by atoms with van der Waals surface area (Å²) in [5, 5.41) is 0.796. The number of aromatic nitrogens is 1. The fraction of sp³-hybridized carbons (Fsp3) is 0.526. The van der Waals surface area contributed by atoms with Gasteiger partial charge in [-0.25, -0.2) is 0 Å². The zero-order chi connectivity index (χ0) is 16.1. The van der Waals surface area contributed by atoms with Crippen molar-refractivity contribution in [2.75, 3.05) is 6.61 Å². The highest BCUT2D eigenvalue weighted by atomic mass is 16.5. The third-order valence-electron chi connectivity index (χ3n) is 5.77. The van der Waals surface area contributed by atoms with Gasteiger partial charge >= 0.3 is 0 Å². The van der Waals surface area contributed by atoms with Crippen LogP contribution in [-0.2, 0) is 11.3 Å². The van der Waals surface area contributed by atoms with Crippen molar-refractivity contribution in [1.29, 1.82) is 0 Å². The van der Waals surface area contributed by atoms with Gasteiger partial charge in [-0.2, -0.15) is 0 Å². The molecular weight excluding hydrogens is 288 g/mol. The van der Waals surface area contributed by atoms with Crippen LogP contribution in [0.4, 0.5) is 0 Å². The molecule has 23 heavy (non-hydrogen) atoms. The van der Waals surface area contributed by atoms with Crippen LogP contribution in [0.5, 0.6) is 0 Å². The number of benzene rings is 1. The van der Waals surface area contributed by atoms with Gasteiger partial charge in [0.2, 0.25) is 0 Å². The Morgan fingerprint density at radius 3 is 2.70 bits per heavy atom. The maximum atomic E-state index is 12.1. The Hall–Kier alpha value is -1.65. The summed E-state index contributed by atoms with van der Waals surface area (Å²) in [4.78, 5) is 12.1. The molecule has 0 amide bonds. The second kappa shape index (κ2) is 5.18. The molecule has 3 heterocycles. The third kappa shape index (κ3) is 2.60. The smallest absolute Gasteiger partial charge is 0.189 e. The van der Waals surface area contributed by atoms with Crippen LogP contribution in [0.1, 0.15) is 37.7 Å². The van der Waals surface area contributed by atoms with Crippen molar-refractivity contribution < 1.29 is 4.74 Å². The van der Waals surface area contributed by atoms with Crippen LogP contribution in [0.25, 0.3) is 10.9 Å². The summed E-state index contributed by atoms with van der Waals surface area (Å²) < 4.78 is 8.34. The summed E-state index contributed by atoms with van der Waals surface area (Å²) in [6, 6.07) is 7.70. The van der Waals surface area contributed by atoms with Crippen molar-refractivity contribution in [2.24, 2.45) is 5.73 Å². The Balaban J connectivity index is 1.60. The van der Waals surface area contributed by atoms with Crippen molar-refractivity contribution in [1.82, 2.24) is 4.57 Å². The standard InChI is InChI=1S/C19H24N2O2/c1-14-2-3-15-16(12-14)21(10-4-17(15)22)11-9-19-7-5-18(20,6-8-19)13-23-19/h2-4,10,12H,5-9,11,13,20H2,1H3. The monoisotopic (exact) mass is 312 g/mol. The first-order chi connectivity index (χ1) is 11.0. The van der Waals surface area contributed by atoms with Gasteiger partial charge in [0, 0.05) is 29.7 Å². The lowest BCUT2D eigenvalue weighted by Gasteiger charge is -2.51. The van der Waals surface area contributed by atoms with Gasteiger partial charge in [0.25, 0.3) is 0 Å². The molecule has 2 aromatic rings. The van der Waals surface area contributed by atoms with Crippen LogP contribution >= 0.6 is 0 Å². The predicted molar refractivity (Wildman–Crippen MR) is 91.6 cm³/mol. The lowest BCUT2D eigenvalue weighted by Crippen LogP contribution is -2.59. The molecule has 0 spiro atoms. The van der Waals surface area contributed by atoms with Gasteiger partial charge in [-0.05, 0) is 56.7 Å². The number of rotatable bonds is 3. The third-order valence-corrected chi connectivity index (χ3v) is 5.77. The first-order valence-electron chi connectivity index (χ1n) is 8.51. The fourth-order valence-corrected chi connectivity index (χ4v) is 4.05. The lowest BCUT2D eigenvalue weighted by molar-refractivity contribution is -0.157. The Bertz CT molecular complexity index is 784. The van der Waals surface area contributed by atoms with Crippen LogP contribution in [0, 0.1) is 6.92 Å². The highest BCUT2D eigenvalue weighted by Gasteiger charge is 2.47. The highest BCUT2D eigenvalue weighted by molar-refractivity contribution is 5.79. The van der Waals surface area contributed by atoms with E-state index in [-0.39, 0.29) is 16.6 Å². The van der Waals surface area contributed by atoms with E-state index in [1.54, 1.807) is 6.07 Å². The van der Waals surface area contributed by atoms with Gasteiger partial charge in [-0.1, -0.05) is 6.07 Å². The molecule has 1 saturated carbocycles. The van der Waals surface area contributed by atoms with E-state index in [1.165, 1.54) is 5.56 Å². The minimum atomic E-state index is -0.0804. The second-order valence-electron chi connectivity index (χ2n) is 7.48. The molecule has 0 atom stereocenters. The number of pyridine rings is 1. The average molecular weight is 312 g/mol. The number of fused-ring (bicyclic) bond motifs is 4. The van der Waals surface area contributed by atoms with E-state index < -0.39 is 0 Å². The van der Waals surface area contributed by atoms with Crippen molar-refractivity contribution >= 4 is 10.9 Å². The molecule has 2 aliphatic heterocycles. The Labute approximate surface area is 136 Å². The second-order valence-corrected chi connectivity index (χ2v) is 7.48. The van der Waals surface area contributed by atoms with E-state index >= 15 is 0 Å². The van der Waals surface area contributed by atoms with E-state index in [9.17, 15) is 4.79 Å². The summed E-state index contributed by atoms with van der Waals surface area (Å²) in [5.41, 5.74) is 8.50. The zero-order valence-electron chi connectivity index (χ0n) is 13.7. The van der Waals surface area contributed by atoms with E-state index in [2.05, 4.69) is 17.6 Å². The van der Waals surface area contributed by atoms with Gasteiger partial charge in [-0.3, -0.25) is 4.79 Å². The molecule has 2 bridgehead atoms. The van der Waals surface area contributed by atoms with Gasteiger partial charge in [-0.15, -0.1) is 0 Å². The molecular formula is C19H24N2O2. The molecule has 1 aliphatic carbocycles. The van der Waals surface area contributed by atoms with Crippen LogP contribution in [0.15, 0.2) is 35.3 Å². The molecule has 0 radical (unpaired) electrons. The first kappa shape index (κ1) is 14.9. The number of hydrogen-bond donors (Lipinski definition) is 1. The Morgan fingerprint density at radius 2 is 2.00 bits per heavy atom. The normalized spacial score (nSPS) is 30.0. The maximum absolute atomic E-state index is 12.1. The van der Waals surface area contributed by atoms with Crippen LogP contribution < -0.4 is 11.2 Å². The van der Waals surface area contributed by atoms with Crippen molar-refractivity contribution in [3.05, 3.63) is 46.2 Å². The molecule has 2 N–H and O–H groups in total. The van der Waals surface area contributed by atoms with Gasteiger partial charge in [0.15, 0.2) is 5.43 Å². The topological polar surface area (TPSA) is 57.2 Å². The van der Waals surface area contributed by atoms with E-state index in [0.29, 0.717) is 6.61 Å². The fourth-order valence-electron chi connectivity index (χ4n) is 4.05. The van der Waals surface area contributed by atoms with Crippen LogP contribution in [0.2, 0.25) is 0 Å². The summed E-state index contributed by atoms with van der Waals surface area (Å²) in [5.74, 6) is 0. The Kier molecular flexibility index (Phi) is 3.36. The van der Waals surface area contributed by atoms with Gasteiger partial charge in [0.1, 0.15) is 0 Å². The predicted octanol–water partition coefficient (Wildman–Crippen LogP) is 2.74. The van der Waals surface area contributed by atoms with E-state index in [1.807, 2.05) is 18.3 Å². The van der Waals surface area contributed by atoms with Crippen molar-refractivity contribution in [3.63, 3.8) is 0 Å². The van der Waals surface area contributed by atoms with Crippen molar-refractivity contribution in [3.8, 4) is 0 Å². The minimum absolute atomic E-state index is 0.0135. The SMILES string of the molecule is Cc1ccc2c(=O)ccn(CCC34CCC(N)(CC3)CO4)c2c1. The number of aryl methyl sites for hydroxylation is 2. The number of nitrogens with zero attached hydrogens (tertiary/aromatic N) is 1. The van der Waals surface area contributed by atoms with E-state index in [0.717, 1.165) is 49.6 Å². The van der Waals surface area contributed by atoms with Crippen LogP contribution in [0.3, 0.4) is 0 Å². The molecule has 1 aromatic heterocycles. The Morgan fingerprint density at radius 1 is 1.22 bits per heavy atom. The minimum Gasteiger partial charge on any atom is -0.373 e. The largest absolute Gasteiger partial charge is 0.373 e. The molecule has 5 rings (SSSR count). The van der Waals surface area contributed by atoms with E-state index in [4.69, 9.17) is 10.5 Å². The first-order valence-corrected chi connectivity index (χ1v) is 8.51. The molecule has 122 valence electrons. The lowest BCUT2D eigenvalue weighted by atomic mass is 9.70. The molecule has 4 heteroatoms. The summed E-state index contributed by atoms with van der Waals surface area (Å²) >= 11 is 0. The molecule has 3 aliphatic rings. The molecule has 2 saturated heterocycles. The molecule has 3 fully saturated rings. The maximum Gasteiger partial charge on any atom is 0.189 e. The summed E-state index contributed by atoms with van der Waals surface area (Å²) in [7, 11) is 0. The molecule has 0 unspecified atom stereocenters. The highest BCUT2D eigenvalue weighted by Crippen LogP contribution is 2.44. The van der Waals surface area contributed by atoms with Gasteiger partial charge in [0.05, 0.1) is 17.7 Å². The van der Waals surface area contributed by atoms with Crippen LogP contribution in [-0.4, -0.2) is 22.3 Å². The number of nitrogens with two attached hydrogens (primary N) is 1. The number of hydrogen-bond acceptors (Lipinski definition) is 3. The zero-order valence-corrected chi connectivity index (χ0v) is 13.7. The molecule has 1 aromatic carbocycles. The quantitative estimate of drug-likeness (QED) is 0.948. The average Bonchev–Trinajstić information content (AvgIpc) is 2.56. The number of ether oxygens (including phenoxy) is 1. The molecule has 4 nitrogen and oxygen atoms in total.